The van der Waals surface area contributed by atoms with Gasteiger partial charge in [-0.3, -0.25) is 9.59 Å². The van der Waals surface area contributed by atoms with E-state index in [2.05, 4.69) is 30.7 Å². The Bertz CT molecular complexity index is 1580. The molecule has 2 aromatic heterocycles. The van der Waals surface area contributed by atoms with E-state index in [1.165, 1.54) is 17.1 Å². The van der Waals surface area contributed by atoms with Crippen molar-refractivity contribution >= 4 is 41.1 Å². The summed E-state index contributed by atoms with van der Waals surface area (Å²) in [6.07, 6.45) is 6.43. The average molecular weight is 607 g/mol. The molecule has 0 saturated carbocycles. The fourth-order valence-corrected chi connectivity index (χ4v) is 6.00. The number of H-pyrrole nitrogens is 1. The molecule has 3 aliphatic heterocycles. The first kappa shape index (κ1) is 28.1. The number of fused-ring (bicyclic) bond motifs is 4. The molecule has 2 N–H and O–H groups in total. The van der Waals surface area contributed by atoms with Crippen LogP contribution in [0.2, 0.25) is 10.2 Å². The molecule has 0 unspecified atom stereocenters. The van der Waals surface area contributed by atoms with Gasteiger partial charge in [-0.15, -0.1) is 5.10 Å². The molecule has 42 heavy (non-hydrogen) atoms. The van der Waals surface area contributed by atoms with Crippen molar-refractivity contribution < 1.29 is 9.59 Å². The Morgan fingerprint density at radius 1 is 1.07 bits per heavy atom. The van der Waals surface area contributed by atoms with Gasteiger partial charge in [0.25, 0.3) is 0 Å². The Morgan fingerprint density at radius 3 is 2.64 bits per heavy atom. The van der Waals surface area contributed by atoms with Gasteiger partial charge in [-0.25, -0.2) is 4.98 Å². The molecule has 0 aliphatic carbocycles. The molecule has 4 aromatic rings. The summed E-state index contributed by atoms with van der Waals surface area (Å²) in [6, 6.07) is 14.2. The van der Waals surface area contributed by atoms with Gasteiger partial charge in [-0.2, -0.15) is 4.68 Å². The molecule has 7 rings (SSSR count). The molecule has 13 heteroatoms. The van der Waals surface area contributed by atoms with Crippen LogP contribution in [0.3, 0.4) is 0 Å². The lowest BCUT2D eigenvalue weighted by Crippen LogP contribution is -2.43. The van der Waals surface area contributed by atoms with Crippen LogP contribution in [0.4, 0.5) is 0 Å². The minimum absolute atomic E-state index is 0.0253. The molecule has 0 radical (unpaired) electrons. The van der Waals surface area contributed by atoms with Crippen LogP contribution >= 0.6 is 23.2 Å². The number of nitrogens with one attached hydrogen (secondary N) is 2. The van der Waals surface area contributed by atoms with Crippen LogP contribution in [0, 0.1) is 0 Å². The van der Waals surface area contributed by atoms with Crippen molar-refractivity contribution in [3.63, 3.8) is 0 Å². The third kappa shape index (κ3) is 6.23. The van der Waals surface area contributed by atoms with Crippen molar-refractivity contribution in [1.29, 1.82) is 0 Å². The number of carbonyl (C=O) groups excluding carboxylic acids is 2. The van der Waals surface area contributed by atoms with Gasteiger partial charge < -0.3 is 20.1 Å². The fourth-order valence-electron chi connectivity index (χ4n) is 5.57. The van der Waals surface area contributed by atoms with Crippen molar-refractivity contribution in [1.82, 2.24) is 45.3 Å². The quantitative estimate of drug-likeness (QED) is 0.291. The van der Waals surface area contributed by atoms with Crippen LogP contribution in [-0.2, 0) is 9.59 Å². The fraction of sp³-hybridized carbons (Fsp3) is 0.310. The molecule has 11 nitrogen and oxygen atoms in total. The summed E-state index contributed by atoms with van der Waals surface area (Å²) in [4.78, 5) is 39.2. The van der Waals surface area contributed by atoms with E-state index in [9.17, 15) is 9.59 Å². The van der Waals surface area contributed by atoms with E-state index in [1.54, 1.807) is 24.3 Å². The molecule has 216 valence electrons. The second-order valence-electron chi connectivity index (χ2n) is 10.4. The predicted molar refractivity (Wildman–Crippen MR) is 159 cm³/mol. The van der Waals surface area contributed by atoms with E-state index in [0.717, 1.165) is 38.0 Å². The van der Waals surface area contributed by atoms with E-state index in [-0.39, 0.29) is 18.4 Å². The van der Waals surface area contributed by atoms with Crippen LogP contribution in [0.25, 0.3) is 23.0 Å². The number of rotatable bonds is 8. The maximum atomic E-state index is 13.7. The minimum atomic E-state index is -0.733. The first-order valence-electron chi connectivity index (χ1n) is 13.8. The van der Waals surface area contributed by atoms with Crippen molar-refractivity contribution in [2.45, 2.75) is 31.3 Å². The highest BCUT2D eigenvalue weighted by molar-refractivity contribution is 6.32. The first-order valence-corrected chi connectivity index (χ1v) is 14.5. The summed E-state index contributed by atoms with van der Waals surface area (Å²) in [7, 11) is 0. The monoisotopic (exact) mass is 605 g/mol. The molecule has 5 heterocycles. The van der Waals surface area contributed by atoms with Gasteiger partial charge in [0.2, 0.25) is 11.8 Å². The number of aromatic nitrogens is 6. The summed E-state index contributed by atoms with van der Waals surface area (Å²) < 4.78 is 1.48. The SMILES string of the molecule is O=C(/C=C/c1cc(Cl)ccc1-n1cnnn1)N[C@@H](CC(=O)N1CCN2CCC1CC2)c1nc(-c2ccccc2)c(Cl)[nH]1. The topological polar surface area (TPSA) is 125 Å². The van der Waals surface area contributed by atoms with E-state index >= 15 is 0 Å². The third-order valence-corrected chi connectivity index (χ3v) is 8.23. The van der Waals surface area contributed by atoms with Crippen molar-refractivity contribution in [3.8, 4) is 16.9 Å². The van der Waals surface area contributed by atoms with Crippen LogP contribution in [0.5, 0.6) is 0 Å². The highest BCUT2D eigenvalue weighted by Crippen LogP contribution is 2.30. The Balaban J connectivity index is 1.26. The molecular weight excluding hydrogens is 577 g/mol. The zero-order valence-corrected chi connectivity index (χ0v) is 24.2. The number of hydrogen-bond acceptors (Lipinski definition) is 7. The molecule has 2 bridgehead atoms. The molecule has 3 fully saturated rings. The lowest BCUT2D eigenvalue weighted by molar-refractivity contribution is -0.134. The van der Waals surface area contributed by atoms with Gasteiger partial charge in [0.15, 0.2) is 0 Å². The van der Waals surface area contributed by atoms with Crippen LogP contribution in [-0.4, -0.2) is 84.0 Å². The summed E-state index contributed by atoms with van der Waals surface area (Å²) in [5.41, 5.74) is 2.68. The molecule has 1 atom stereocenters. The van der Waals surface area contributed by atoms with Crippen molar-refractivity contribution in [2.24, 2.45) is 0 Å². The van der Waals surface area contributed by atoms with Gasteiger partial charge in [0, 0.05) is 54.4 Å². The second kappa shape index (κ2) is 12.4. The summed E-state index contributed by atoms with van der Waals surface area (Å²) in [6.45, 7) is 3.54. The maximum absolute atomic E-state index is 13.7. The van der Waals surface area contributed by atoms with Crippen LogP contribution < -0.4 is 5.32 Å². The molecule has 2 amide bonds. The zero-order valence-electron chi connectivity index (χ0n) is 22.7. The summed E-state index contributed by atoms with van der Waals surface area (Å²) in [5, 5.41) is 15.1. The number of imidazole rings is 1. The average Bonchev–Trinajstić information content (AvgIpc) is 3.57. The molecule has 0 spiro atoms. The smallest absolute Gasteiger partial charge is 0.244 e. The molecular formula is C29H29Cl2N9O2. The van der Waals surface area contributed by atoms with Gasteiger partial charge in [-0.05, 0) is 47.5 Å². The number of amides is 2. The Kier molecular flexibility index (Phi) is 8.31. The largest absolute Gasteiger partial charge is 0.342 e. The normalized spacial score (nSPS) is 19.1. The second-order valence-corrected chi connectivity index (χ2v) is 11.2. The number of hydrogen-bond donors (Lipinski definition) is 2. The highest BCUT2D eigenvalue weighted by atomic mass is 35.5. The standard InChI is InChI=1S/C29H29Cl2N9O2/c30-21-7-8-24(40-18-32-36-37-40)20(16-21)6-9-25(41)33-23(17-26(42)39-15-14-38-12-10-22(39)11-13-38)29-34-27(28(31)35-29)19-4-2-1-3-5-19/h1-9,16,18,22-23H,10-15,17H2,(H,33,41)(H,34,35)/b9-6+/t23-/m0/s1. The van der Waals surface area contributed by atoms with Crippen LogP contribution in [0.1, 0.15) is 36.7 Å². The van der Waals surface area contributed by atoms with E-state index < -0.39 is 11.9 Å². The Hall–Kier alpha value is -4.06. The summed E-state index contributed by atoms with van der Waals surface area (Å²) in [5.74, 6) is -0.0243. The highest BCUT2D eigenvalue weighted by Gasteiger charge is 2.34. The van der Waals surface area contributed by atoms with Crippen molar-refractivity contribution in [3.05, 3.63) is 82.5 Å². The number of nitrogens with zero attached hydrogens (tertiary/aromatic N) is 7. The number of aromatic amines is 1. The van der Waals surface area contributed by atoms with Crippen molar-refractivity contribution in [2.75, 3.05) is 26.2 Å². The number of tetrazole rings is 1. The number of piperidine rings is 1. The first-order chi connectivity index (χ1) is 20.4. The number of halogens is 2. The Labute approximate surface area is 252 Å². The van der Waals surface area contributed by atoms with Gasteiger partial charge in [0.1, 0.15) is 23.0 Å². The minimum Gasteiger partial charge on any atom is -0.342 e. The lowest BCUT2D eigenvalue weighted by atomic mass is 10.0. The number of benzene rings is 2. The van der Waals surface area contributed by atoms with E-state index in [4.69, 9.17) is 28.2 Å². The molecule has 3 aliphatic rings. The van der Waals surface area contributed by atoms with E-state index in [0.29, 0.717) is 39.5 Å². The maximum Gasteiger partial charge on any atom is 0.244 e. The van der Waals surface area contributed by atoms with E-state index in [1.807, 2.05) is 35.2 Å². The Morgan fingerprint density at radius 2 is 1.88 bits per heavy atom. The van der Waals surface area contributed by atoms with Gasteiger partial charge in [-0.1, -0.05) is 53.5 Å². The summed E-state index contributed by atoms with van der Waals surface area (Å²) >= 11 is 12.8. The molecule has 3 saturated heterocycles. The third-order valence-electron chi connectivity index (χ3n) is 7.73. The predicted octanol–water partition coefficient (Wildman–Crippen LogP) is 3.93. The zero-order chi connectivity index (χ0) is 29.1. The van der Waals surface area contributed by atoms with Gasteiger partial charge >= 0.3 is 0 Å². The molecule has 2 aromatic carbocycles. The van der Waals surface area contributed by atoms with Crippen LogP contribution in [0.15, 0.2) is 60.9 Å². The number of carbonyl (C=O) groups is 2. The lowest BCUT2D eigenvalue weighted by Gasteiger charge is -2.32. The van der Waals surface area contributed by atoms with Gasteiger partial charge in [0.05, 0.1) is 18.2 Å².